The van der Waals surface area contributed by atoms with E-state index < -0.39 is 11.7 Å². The summed E-state index contributed by atoms with van der Waals surface area (Å²) in [6.07, 6.45) is -3.56. The Labute approximate surface area is 137 Å². The Balaban J connectivity index is 1.76. The molecule has 24 heavy (non-hydrogen) atoms. The topological polar surface area (TPSA) is 50.5 Å². The van der Waals surface area contributed by atoms with Gasteiger partial charge in [-0.3, -0.25) is 4.90 Å². The maximum Gasteiger partial charge on any atom is 0.416 e. The minimum absolute atomic E-state index is 0.264. The van der Waals surface area contributed by atoms with Gasteiger partial charge in [-0.2, -0.15) is 13.2 Å². The number of aryl methyl sites for hydroxylation is 1. The molecular formula is C16H20F3N3O2. The van der Waals surface area contributed by atoms with Crippen molar-refractivity contribution in [3.63, 3.8) is 0 Å². The van der Waals surface area contributed by atoms with E-state index in [2.05, 4.69) is 9.88 Å². The zero-order valence-corrected chi connectivity index (χ0v) is 13.2. The molecule has 1 saturated heterocycles. The van der Waals surface area contributed by atoms with Crippen LogP contribution in [0.3, 0.4) is 0 Å². The lowest BCUT2D eigenvalue weighted by atomic mass is 10.2. The molecule has 1 aliphatic rings. The molecule has 8 heteroatoms. The van der Waals surface area contributed by atoms with E-state index in [9.17, 15) is 18.3 Å². The summed E-state index contributed by atoms with van der Waals surface area (Å²) in [6.45, 7) is 4.45. The van der Waals surface area contributed by atoms with E-state index in [0.717, 1.165) is 51.4 Å². The average Bonchev–Trinajstić information content (AvgIpc) is 2.92. The van der Waals surface area contributed by atoms with E-state index >= 15 is 0 Å². The summed E-state index contributed by atoms with van der Waals surface area (Å²) in [4.78, 5) is 6.44. The lowest BCUT2D eigenvalue weighted by Crippen LogP contribution is -2.37. The van der Waals surface area contributed by atoms with E-state index in [-0.39, 0.29) is 12.1 Å². The van der Waals surface area contributed by atoms with E-state index in [1.54, 1.807) is 4.57 Å². The van der Waals surface area contributed by atoms with Crippen LogP contribution in [-0.2, 0) is 24.1 Å². The van der Waals surface area contributed by atoms with E-state index in [4.69, 9.17) is 4.74 Å². The number of hydrogen-bond acceptors (Lipinski definition) is 4. The molecule has 0 aliphatic carbocycles. The number of benzene rings is 1. The molecule has 0 saturated carbocycles. The average molecular weight is 343 g/mol. The van der Waals surface area contributed by atoms with Crippen LogP contribution in [0.4, 0.5) is 13.2 Å². The van der Waals surface area contributed by atoms with Crippen molar-refractivity contribution in [1.29, 1.82) is 0 Å². The monoisotopic (exact) mass is 343 g/mol. The molecule has 132 valence electrons. The number of ether oxygens (including phenoxy) is 1. The molecule has 0 amide bonds. The Morgan fingerprint density at radius 1 is 1.17 bits per heavy atom. The van der Waals surface area contributed by atoms with Crippen molar-refractivity contribution in [2.24, 2.45) is 0 Å². The predicted octanol–water partition coefficient (Wildman–Crippen LogP) is 2.27. The second kappa shape index (κ2) is 7.08. The highest BCUT2D eigenvalue weighted by molar-refractivity contribution is 5.77. The lowest BCUT2D eigenvalue weighted by Gasteiger charge is -2.26. The zero-order chi connectivity index (χ0) is 17.2. The van der Waals surface area contributed by atoms with Gasteiger partial charge < -0.3 is 14.4 Å². The second-order valence-corrected chi connectivity index (χ2v) is 5.85. The molecular weight excluding hydrogens is 323 g/mol. The molecule has 1 aromatic heterocycles. The van der Waals surface area contributed by atoms with Gasteiger partial charge in [0.05, 0.1) is 29.8 Å². The molecule has 1 aliphatic heterocycles. The van der Waals surface area contributed by atoms with Crippen molar-refractivity contribution in [1.82, 2.24) is 14.5 Å². The van der Waals surface area contributed by atoms with Crippen LogP contribution in [0.5, 0.6) is 0 Å². The zero-order valence-electron chi connectivity index (χ0n) is 13.2. The van der Waals surface area contributed by atoms with Gasteiger partial charge in [-0.25, -0.2) is 4.98 Å². The fraction of sp³-hybridized carbons (Fsp3) is 0.562. The Bertz CT molecular complexity index is 694. The van der Waals surface area contributed by atoms with Crippen LogP contribution >= 0.6 is 0 Å². The Hall–Kier alpha value is -1.64. The van der Waals surface area contributed by atoms with Gasteiger partial charge in [0, 0.05) is 26.2 Å². The van der Waals surface area contributed by atoms with Crippen LogP contribution in [0, 0.1) is 0 Å². The number of morpholine rings is 1. The van der Waals surface area contributed by atoms with E-state index in [1.165, 1.54) is 6.07 Å². The predicted molar refractivity (Wildman–Crippen MR) is 82.5 cm³/mol. The number of fused-ring (bicyclic) bond motifs is 1. The molecule has 3 rings (SSSR count). The van der Waals surface area contributed by atoms with Gasteiger partial charge in [-0.15, -0.1) is 0 Å². The second-order valence-electron chi connectivity index (χ2n) is 5.85. The van der Waals surface area contributed by atoms with Crippen molar-refractivity contribution < 1.29 is 23.0 Å². The first kappa shape index (κ1) is 17.2. The first-order valence-corrected chi connectivity index (χ1v) is 7.96. The number of aliphatic hydroxyl groups is 1. The number of aromatic nitrogens is 2. The summed E-state index contributed by atoms with van der Waals surface area (Å²) in [5.41, 5.74) is 0.159. The summed E-state index contributed by atoms with van der Waals surface area (Å²) in [5.74, 6) is 0.395. The van der Waals surface area contributed by atoms with Crippen molar-refractivity contribution in [3.05, 3.63) is 29.6 Å². The fourth-order valence-electron chi connectivity index (χ4n) is 3.00. The minimum atomic E-state index is -4.40. The summed E-state index contributed by atoms with van der Waals surface area (Å²) >= 11 is 0. The molecule has 2 heterocycles. The van der Waals surface area contributed by atoms with Crippen molar-refractivity contribution >= 4 is 11.0 Å². The normalized spacial score (nSPS) is 16.8. The van der Waals surface area contributed by atoms with Crippen LogP contribution in [-0.4, -0.2) is 52.4 Å². The molecule has 1 N–H and O–H groups in total. The van der Waals surface area contributed by atoms with Crippen LogP contribution < -0.4 is 0 Å². The molecule has 0 spiro atoms. The van der Waals surface area contributed by atoms with Crippen LogP contribution in [0.1, 0.15) is 17.8 Å². The number of rotatable bonds is 5. The van der Waals surface area contributed by atoms with Gasteiger partial charge in [0.1, 0.15) is 12.4 Å². The summed E-state index contributed by atoms with van der Waals surface area (Å²) < 4.78 is 45.5. The third-order valence-corrected chi connectivity index (χ3v) is 4.26. The van der Waals surface area contributed by atoms with Crippen LogP contribution in [0.25, 0.3) is 11.0 Å². The molecule has 0 atom stereocenters. The maximum absolute atomic E-state index is 12.8. The fourth-order valence-corrected chi connectivity index (χ4v) is 3.00. The SMILES string of the molecule is OCc1nc2cc(C(F)(F)F)ccc2n1CCCN1CCOCC1. The van der Waals surface area contributed by atoms with Crippen molar-refractivity contribution in [2.75, 3.05) is 32.8 Å². The van der Waals surface area contributed by atoms with Crippen molar-refractivity contribution in [3.8, 4) is 0 Å². The molecule has 1 fully saturated rings. The third-order valence-electron chi connectivity index (χ3n) is 4.26. The van der Waals surface area contributed by atoms with Gasteiger partial charge in [0.15, 0.2) is 0 Å². The lowest BCUT2D eigenvalue weighted by molar-refractivity contribution is -0.137. The highest BCUT2D eigenvalue weighted by Crippen LogP contribution is 2.31. The molecule has 0 unspecified atom stereocenters. The highest BCUT2D eigenvalue weighted by Gasteiger charge is 2.31. The molecule has 1 aromatic carbocycles. The largest absolute Gasteiger partial charge is 0.416 e. The number of aliphatic hydroxyl groups excluding tert-OH is 1. The molecule has 5 nitrogen and oxygen atoms in total. The number of imidazole rings is 1. The van der Waals surface area contributed by atoms with E-state index in [1.807, 2.05) is 0 Å². The molecule has 0 radical (unpaired) electrons. The number of halogens is 3. The summed E-state index contributed by atoms with van der Waals surface area (Å²) in [5, 5.41) is 9.46. The van der Waals surface area contributed by atoms with Crippen LogP contribution in [0.15, 0.2) is 18.2 Å². The Kier molecular flexibility index (Phi) is 5.07. The first-order chi connectivity index (χ1) is 11.5. The summed E-state index contributed by atoms with van der Waals surface area (Å²) in [7, 11) is 0. The maximum atomic E-state index is 12.8. The minimum Gasteiger partial charge on any atom is -0.388 e. The molecule has 2 aromatic rings. The Morgan fingerprint density at radius 3 is 2.58 bits per heavy atom. The third kappa shape index (κ3) is 3.71. The number of nitrogens with zero attached hydrogens (tertiary/aromatic N) is 3. The first-order valence-electron chi connectivity index (χ1n) is 7.96. The smallest absolute Gasteiger partial charge is 0.388 e. The Morgan fingerprint density at radius 2 is 1.92 bits per heavy atom. The summed E-state index contributed by atoms with van der Waals surface area (Å²) in [6, 6.07) is 3.52. The highest BCUT2D eigenvalue weighted by atomic mass is 19.4. The van der Waals surface area contributed by atoms with Crippen LogP contribution in [0.2, 0.25) is 0 Å². The van der Waals surface area contributed by atoms with Gasteiger partial charge in [-0.1, -0.05) is 0 Å². The quantitative estimate of drug-likeness (QED) is 0.905. The van der Waals surface area contributed by atoms with Gasteiger partial charge in [0.25, 0.3) is 0 Å². The molecule has 0 bridgehead atoms. The number of hydrogen-bond donors (Lipinski definition) is 1. The van der Waals surface area contributed by atoms with Gasteiger partial charge >= 0.3 is 6.18 Å². The van der Waals surface area contributed by atoms with Crippen molar-refractivity contribution in [2.45, 2.75) is 25.7 Å². The number of alkyl halides is 3. The standard InChI is InChI=1S/C16H20F3N3O2/c17-16(18,19)12-2-3-14-13(10-12)20-15(11-23)22(14)5-1-4-21-6-8-24-9-7-21/h2-3,10,23H,1,4-9,11H2. The van der Waals surface area contributed by atoms with Gasteiger partial charge in [-0.05, 0) is 24.6 Å². The van der Waals surface area contributed by atoms with E-state index in [0.29, 0.717) is 17.9 Å². The van der Waals surface area contributed by atoms with Gasteiger partial charge in [0.2, 0.25) is 0 Å².